The van der Waals surface area contributed by atoms with Crippen molar-refractivity contribution in [1.29, 1.82) is 0 Å². The molecule has 8 heteroatoms. The van der Waals surface area contributed by atoms with Crippen LogP contribution in [0.3, 0.4) is 0 Å². The molecule has 0 radical (unpaired) electrons. The SMILES string of the molecule is C/C=C1/CN2[C@H]3C[C@@H]1C(CO)[C@@H]2Cc1c3n(C)c2cc(C[C@H]3[C@@H]4C[C@H]5c6c(c7ccccc7n6C)C[C@@H]([C@@H]4CO[C@]3(C)OC)N5C)c(OC)cc12. The van der Waals surface area contributed by atoms with E-state index in [1.54, 1.807) is 0 Å². The molecule has 2 aromatic carbocycles. The van der Waals surface area contributed by atoms with Crippen LogP contribution in [0, 0.1) is 29.6 Å². The van der Waals surface area contributed by atoms with Gasteiger partial charge >= 0.3 is 0 Å². The van der Waals surface area contributed by atoms with Crippen LogP contribution in [0.1, 0.15) is 66.9 Å². The third kappa shape index (κ3) is 4.26. The van der Waals surface area contributed by atoms with Crippen molar-refractivity contribution >= 4 is 21.8 Å². The Morgan fingerprint density at radius 2 is 1.67 bits per heavy atom. The number of allylic oxidation sites excluding steroid dienone is 1. The summed E-state index contributed by atoms with van der Waals surface area (Å²) >= 11 is 0. The maximum atomic E-state index is 10.6. The number of fused-ring (bicyclic) bond motifs is 12. The van der Waals surface area contributed by atoms with E-state index in [-0.39, 0.29) is 12.5 Å². The van der Waals surface area contributed by atoms with E-state index in [0.29, 0.717) is 47.8 Å². The zero-order chi connectivity index (χ0) is 35.1. The molecule has 270 valence electrons. The van der Waals surface area contributed by atoms with Crippen molar-refractivity contribution in [3.63, 3.8) is 0 Å². The fraction of sp³-hybridized carbons (Fsp3) is 0.581. The van der Waals surface area contributed by atoms with Crippen LogP contribution in [0.25, 0.3) is 21.8 Å². The molecule has 0 aliphatic carbocycles. The quantitative estimate of drug-likeness (QED) is 0.248. The number of hydrogen-bond acceptors (Lipinski definition) is 6. The Labute approximate surface area is 301 Å². The van der Waals surface area contributed by atoms with Crippen LogP contribution >= 0.6 is 0 Å². The summed E-state index contributed by atoms with van der Waals surface area (Å²) in [6.07, 6.45) is 7.36. The van der Waals surface area contributed by atoms with Gasteiger partial charge in [0, 0.05) is 97.4 Å². The molecule has 6 bridgehead atoms. The molecule has 5 saturated heterocycles. The molecule has 11 rings (SSSR count). The maximum absolute atomic E-state index is 10.6. The number of nitrogens with zero attached hydrogens (tertiary/aromatic N) is 4. The summed E-state index contributed by atoms with van der Waals surface area (Å²) in [5.74, 6) is 2.09. The average Bonchev–Trinajstić information content (AvgIpc) is 3.58. The van der Waals surface area contributed by atoms with Gasteiger partial charge in [0.15, 0.2) is 5.79 Å². The van der Waals surface area contributed by atoms with E-state index in [1.807, 2.05) is 14.2 Å². The third-order valence-electron chi connectivity index (χ3n) is 15.4. The Kier molecular flexibility index (Phi) is 7.28. The van der Waals surface area contributed by atoms with Crippen LogP contribution in [0.4, 0.5) is 0 Å². The molecule has 4 aromatic rings. The van der Waals surface area contributed by atoms with Gasteiger partial charge in [-0.3, -0.25) is 9.80 Å². The van der Waals surface area contributed by atoms with Gasteiger partial charge in [0.2, 0.25) is 0 Å². The lowest BCUT2D eigenvalue weighted by Crippen LogP contribution is -2.62. The number of likely N-dealkylation sites (N-methyl/N-ethyl adjacent to an activating group) is 1. The van der Waals surface area contributed by atoms with Gasteiger partial charge in [-0.1, -0.05) is 29.8 Å². The Bertz CT molecular complexity index is 2100. The van der Waals surface area contributed by atoms with Crippen molar-refractivity contribution in [3.8, 4) is 5.75 Å². The number of para-hydroxylation sites is 1. The molecule has 11 atom stereocenters. The molecule has 5 fully saturated rings. The molecule has 2 aromatic heterocycles. The second-order valence-corrected chi connectivity index (χ2v) is 16.9. The number of piperidine rings is 4. The summed E-state index contributed by atoms with van der Waals surface area (Å²) in [4.78, 5) is 5.37. The minimum Gasteiger partial charge on any atom is -0.496 e. The summed E-state index contributed by atoms with van der Waals surface area (Å²) in [5.41, 5.74) is 11.3. The lowest BCUT2D eigenvalue weighted by Gasteiger charge is -2.58. The first kappa shape index (κ1) is 32.5. The number of methoxy groups -OCH3 is 2. The van der Waals surface area contributed by atoms with Crippen LogP contribution in [0.2, 0.25) is 0 Å². The van der Waals surface area contributed by atoms with Crippen molar-refractivity contribution in [2.45, 2.75) is 75.9 Å². The summed E-state index contributed by atoms with van der Waals surface area (Å²) in [6, 6.07) is 15.3. The molecule has 51 heavy (non-hydrogen) atoms. The normalized spacial score (nSPS) is 37.5. The van der Waals surface area contributed by atoms with E-state index in [2.05, 4.69) is 96.4 Å². The highest BCUT2D eigenvalue weighted by Gasteiger charge is 2.57. The Balaban J connectivity index is 1.05. The largest absolute Gasteiger partial charge is 0.496 e. The molecule has 0 spiro atoms. The zero-order valence-corrected chi connectivity index (χ0v) is 31.4. The summed E-state index contributed by atoms with van der Waals surface area (Å²) in [7, 11) is 10.5. The van der Waals surface area contributed by atoms with E-state index < -0.39 is 5.79 Å². The molecule has 7 aliphatic heterocycles. The van der Waals surface area contributed by atoms with Crippen molar-refractivity contribution in [2.75, 3.05) is 41.0 Å². The first-order chi connectivity index (χ1) is 24.7. The van der Waals surface area contributed by atoms with Gasteiger partial charge in [0.05, 0.1) is 25.8 Å². The predicted octanol–water partition coefficient (Wildman–Crippen LogP) is 6.32. The molecule has 9 heterocycles. The highest BCUT2D eigenvalue weighted by Crippen LogP contribution is 2.57. The fourth-order valence-corrected chi connectivity index (χ4v) is 12.8. The molecular formula is C43H54N4O4. The number of aromatic nitrogens is 2. The van der Waals surface area contributed by atoms with Crippen LogP contribution in [0.5, 0.6) is 5.75 Å². The molecule has 8 nitrogen and oxygen atoms in total. The fourth-order valence-electron chi connectivity index (χ4n) is 12.8. The summed E-state index contributed by atoms with van der Waals surface area (Å²) in [5, 5.41) is 13.3. The van der Waals surface area contributed by atoms with Crippen molar-refractivity contribution in [1.82, 2.24) is 18.9 Å². The van der Waals surface area contributed by atoms with Crippen LogP contribution in [-0.2, 0) is 42.8 Å². The van der Waals surface area contributed by atoms with Gasteiger partial charge in [0.1, 0.15) is 5.75 Å². The predicted molar refractivity (Wildman–Crippen MR) is 200 cm³/mol. The van der Waals surface area contributed by atoms with E-state index in [4.69, 9.17) is 14.2 Å². The van der Waals surface area contributed by atoms with Gasteiger partial charge in [-0.25, -0.2) is 0 Å². The minimum absolute atomic E-state index is 0.169. The maximum Gasteiger partial charge on any atom is 0.168 e. The molecule has 0 amide bonds. The molecule has 2 unspecified atom stereocenters. The zero-order valence-electron chi connectivity index (χ0n) is 31.4. The number of aliphatic hydroxyl groups is 1. The number of rotatable bonds is 5. The first-order valence-corrected chi connectivity index (χ1v) is 19.4. The van der Waals surface area contributed by atoms with Gasteiger partial charge in [-0.2, -0.15) is 0 Å². The molecular weight excluding hydrogens is 636 g/mol. The second-order valence-electron chi connectivity index (χ2n) is 16.9. The lowest BCUT2D eigenvalue weighted by molar-refractivity contribution is -0.301. The minimum atomic E-state index is -0.687. The number of aryl methyl sites for hydroxylation is 2. The van der Waals surface area contributed by atoms with Crippen LogP contribution in [-0.4, -0.2) is 82.9 Å². The van der Waals surface area contributed by atoms with E-state index >= 15 is 0 Å². The van der Waals surface area contributed by atoms with E-state index in [1.165, 1.54) is 55.5 Å². The topological polar surface area (TPSA) is 64.3 Å². The van der Waals surface area contributed by atoms with Crippen LogP contribution < -0.4 is 4.74 Å². The third-order valence-corrected chi connectivity index (χ3v) is 15.4. The standard InChI is InChI=1S/C43H54N4O4/c1-8-23-20-47-37-18-30-28-19-40(49-6)24(14-35(28)46(5)42(30)39(47)15-26(23)31(37)21-48)13-33-27-16-38-41-29(25-11-9-10-12-34(25)45(41)4)17-36(44(38)3)32(27)22-51-43(33,2)50-7/h8-12,14,19,26-27,31-33,36-39,48H,13,15-18,20-22H2,1-7H3/b23-8-/t26-,27+,31?,32+,33-,36-,37-,38-,39-,43-/m0/s1. The highest BCUT2D eigenvalue weighted by molar-refractivity contribution is 5.89. The summed E-state index contributed by atoms with van der Waals surface area (Å²) < 4.78 is 24.4. The highest BCUT2D eigenvalue weighted by atomic mass is 16.7. The number of hydrogen-bond donors (Lipinski definition) is 1. The van der Waals surface area contributed by atoms with Gasteiger partial charge in [-0.05, 0) is 99.7 Å². The smallest absolute Gasteiger partial charge is 0.168 e. The number of aliphatic hydroxyl groups excluding tert-OH is 1. The van der Waals surface area contributed by atoms with Gasteiger partial charge in [-0.15, -0.1) is 0 Å². The Morgan fingerprint density at radius 3 is 2.43 bits per heavy atom. The van der Waals surface area contributed by atoms with E-state index in [0.717, 1.165) is 51.0 Å². The van der Waals surface area contributed by atoms with Crippen molar-refractivity contribution in [2.24, 2.45) is 43.7 Å². The van der Waals surface area contributed by atoms with Crippen LogP contribution in [0.15, 0.2) is 48.0 Å². The number of ether oxygens (including phenoxy) is 3. The lowest BCUT2D eigenvalue weighted by atomic mass is 9.62. The first-order valence-electron chi connectivity index (χ1n) is 19.4. The van der Waals surface area contributed by atoms with Gasteiger partial charge < -0.3 is 28.5 Å². The molecule has 1 N–H and O–H groups in total. The second kappa shape index (κ2) is 11.4. The molecule has 0 saturated carbocycles. The van der Waals surface area contributed by atoms with Crippen molar-refractivity contribution in [3.05, 3.63) is 76.1 Å². The van der Waals surface area contributed by atoms with E-state index in [9.17, 15) is 5.11 Å². The number of benzene rings is 2. The molecule has 7 aliphatic rings. The average molecular weight is 691 g/mol. The Hall–Kier alpha value is -3.14. The Morgan fingerprint density at radius 1 is 0.922 bits per heavy atom. The monoisotopic (exact) mass is 690 g/mol. The van der Waals surface area contributed by atoms with Gasteiger partial charge in [0.25, 0.3) is 0 Å². The van der Waals surface area contributed by atoms with Crippen molar-refractivity contribution < 1.29 is 19.3 Å². The summed E-state index contributed by atoms with van der Waals surface area (Å²) in [6.45, 7) is 6.35.